The molecule has 0 aliphatic heterocycles. The Kier molecular flexibility index (Phi) is 4.49. The van der Waals surface area contributed by atoms with Crippen molar-refractivity contribution in [3.8, 4) is 0 Å². The van der Waals surface area contributed by atoms with Crippen LogP contribution in [0.15, 0.2) is 30.5 Å². The highest BCUT2D eigenvalue weighted by Crippen LogP contribution is 2.11. The number of aliphatic hydroxyl groups excluding tert-OH is 1. The third-order valence-electron chi connectivity index (χ3n) is 2.90. The number of carboxylic acid groups (broad SMARTS) is 1. The molecule has 0 atom stereocenters. The standard InChI is InChI=1S/C14H16N2O4/c1-20-9-13-12(14(18)19)7-16(15-13)6-10-2-4-11(8-17)5-3-10/h2-5,7,17H,6,8-9H2,1H3,(H,18,19). The summed E-state index contributed by atoms with van der Waals surface area (Å²) >= 11 is 0. The van der Waals surface area contributed by atoms with Crippen LogP contribution in [0.3, 0.4) is 0 Å². The van der Waals surface area contributed by atoms with Crippen molar-refractivity contribution in [1.29, 1.82) is 0 Å². The second-order valence-electron chi connectivity index (χ2n) is 4.40. The zero-order chi connectivity index (χ0) is 14.5. The number of carboxylic acids is 1. The molecule has 20 heavy (non-hydrogen) atoms. The van der Waals surface area contributed by atoms with Crippen molar-refractivity contribution in [2.24, 2.45) is 0 Å². The van der Waals surface area contributed by atoms with Crippen LogP contribution >= 0.6 is 0 Å². The molecule has 0 radical (unpaired) electrons. The molecule has 1 aromatic heterocycles. The Bertz CT molecular complexity index is 590. The van der Waals surface area contributed by atoms with Gasteiger partial charge in [-0.3, -0.25) is 4.68 Å². The number of carbonyl (C=O) groups is 1. The minimum Gasteiger partial charge on any atom is -0.478 e. The number of ether oxygens (including phenoxy) is 1. The van der Waals surface area contributed by atoms with Gasteiger partial charge in [-0.15, -0.1) is 0 Å². The van der Waals surface area contributed by atoms with E-state index in [4.69, 9.17) is 14.9 Å². The lowest BCUT2D eigenvalue weighted by molar-refractivity contribution is 0.0691. The number of hydrogen-bond donors (Lipinski definition) is 2. The lowest BCUT2D eigenvalue weighted by atomic mass is 10.1. The maximum Gasteiger partial charge on any atom is 0.339 e. The first-order chi connectivity index (χ1) is 9.63. The fourth-order valence-corrected chi connectivity index (χ4v) is 1.90. The predicted molar refractivity (Wildman–Crippen MR) is 71.4 cm³/mol. The van der Waals surface area contributed by atoms with Gasteiger partial charge >= 0.3 is 5.97 Å². The average molecular weight is 276 g/mol. The Labute approximate surface area is 116 Å². The molecule has 0 saturated carbocycles. The Morgan fingerprint density at radius 1 is 1.30 bits per heavy atom. The van der Waals surface area contributed by atoms with Crippen LogP contribution in [0.2, 0.25) is 0 Å². The number of benzene rings is 1. The van der Waals surface area contributed by atoms with Crippen LogP contribution in [0.1, 0.15) is 27.2 Å². The van der Waals surface area contributed by atoms with E-state index >= 15 is 0 Å². The summed E-state index contributed by atoms with van der Waals surface area (Å²) in [5.74, 6) is -1.01. The molecule has 2 rings (SSSR count). The third kappa shape index (κ3) is 3.23. The van der Waals surface area contributed by atoms with Crippen LogP contribution in [-0.4, -0.2) is 33.1 Å². The van der Waals surface area contributed by atoms with Crippen molar-refractivity contribution < 1.29 is 19.7 Å². The van der Waals surface area contributed by atoms with Gasteiger partial charge in [0.25, 0.3) is 0 Å². The molecule has 0 amide bonds. The fourth-order valence-electron chi connectivity index (χ4n) is 1.90. The van der Waals surface area contributed by atoms with Gasteiger partial charge in [-0.1, -0.05) is 24.3 Å². The summed E-state index contributed by atoms with van der Waals surface area (Å²) in [6, 6.07) is 7.41. The Morgan fingerprint density at radius 3 is 2.50 bits per heavy atom. The number of aromatic carboxylic acids is 1. The molecule has 0 unspecified atom stereocenters. The minimum absolute atomic E-state index is 0.00317. The monoisotopic (exact) mass is 276 g/mol. The summed E-state index contributed by atoms with van der Waals surface area (Å²) in [6.07, 6.45) is 1.50. The largest absolute Gasteiger partial charge is 0.478 e. The Balaban J connectivity index is 2.19. The van der Waals surface area contributed by atoms with Crippen molar-refractivity contribution in [1.82, 2.24) is 9.78 Å². The highest BCUT2D eigenvalue weighted by atomic mass is 16.5. The van der Waals surface area contributed by atoms with Gasteiger partial charge in [0.15, 0.2) is 0 Å². The van der Waals surface area contributed by atoms with E-state index < -0.39 is 5.97 Å². The van der Waals surface area contributed by atoms with Gasteiger partial charge in [-0.2, -0.15) is 5.10 Å². The molecular weight excluding hydrogens is 260 g/mol. The molecule has 1 heterocycles. The van der Waals surface area contributed by atoms with Crippen molar-refractivity contribution in [2.75, 3.05) is 7.11 Å². The normalized spacial score (nSPS) is 10.7. The molecular formula is C14H16N2O4. The zero-order valence-corrected chi connectivity index (χ0v) is 11.1. The maximum atomic E-state index is 11.1. The lowest BCUT2D eigenvalue weighted by Gasteiger charge is -2.03. The van der Waals surface area contributed by atoms with Crippen LogP contribution in [0.25, 0.3) is 0 Å². The van der Waals surface area contributed by atoms with Crippen molar-refractivity contribution >= 4 is 5.97 Å². The minimum atomic E-state index is -1.01. The van der Waals surface area contributed by atoms with Crippen LogP contribution in [0.4, 0.5) is 0 Å². The fraction of sp³-hybridized carbons (Fsp3) is 0.286. The first-order valence-corrected chi connectivity index (χ1v) is 6.11. The number of aliphatic hydroxyl groups is 1. The highest BCUT2D eigenvalue weighted by Gasteiger charge is 2.15. The van der Waals surface area contributed by atoms with E-state index in [0.717, 1.165) is 11.1 Å². The molecule has 2 N–H and O–H groups in total. The van der Waals surface area contributed by atoms with E-state index in [0.29, 0.717) is 12.2 Å². The Hall–Kier alpha value is -2.18. The number of rotatable bonds is 6. The molecule has 1 aromatic carbocycles. The number of aromatic nitrogens is 2. The molecule has 6 heteroatoms. The van der Waals surface area contributed by atoms with Crippen LogP contribution in [-0.2, 0) is 24.5 Å². The molecule has 0 aliphatic carbocycles. The summed E-state index contributed by atoms with van der Waals surface area (Å²) < 4.78 is 6.52. The molecule has 0 bridgehead atoms. The van der Waals surface area contributed by atoms with Gasteiger partial charge in [-0.05, 0) is 11.1 Å². The van der Waals surface area contributed by atoms with Crippen molar-refractivity contribution in [2.45, 2.75) is 19.8 Å². The van der Waals surface area contributed by atoms with E-state index in [9.17, 15) is 4.79 Å². The number of hydrogen-bond acceptors (Lipinski definition) is 4. The number of nitrogens with zero attached hydrogens (tertiary/aromatic N) is 2. The summed E-state index contributed by atoms with van der Waals surface area (Å²) in [5.41, 5.74) is 2.37. The second-order valence-corrected chi connectivity index (χ2v) is 4.40. The van der Waals surface area contributed by atoms with Gasteiger partial charge in [0.1, 0.15) is 11.3 Å². The molecule has 106 valence electrons. The molecule has 0 saturated heterocycles. The van der Waals surface area contributed by atoms with Crippen LogP contribution in [0.5, 0.6) is 0 Å². The van der Waals surface area contributed by atoms with E-state index in [-0.39, 0.29) is 18.8 Å². The Morgan fingerprint density at radius 2 is 1.95 bits per heavy atom. The summed E-state index contributed by atoms with van der Waals surface area (Å²) in [5, 5.41) is 22.3. The van der Waals surface area contributed by atoms with Gasteiger partial charge in [-0.25, -0.2) is 4.79 Å². The lowest BCUT2D eigenvalue weighted by Crippen LogP contribution is -2.02. The van der Waals surface area contributed by atoms with E-state index in [2.05, 4.69) is 5.10 Å². The zero-order valence-electron chi connectivity index (χ0n) is 11.1. The van der Waals surface area contributed by atoms with E-state index in [1.807, 2.05) is 24.3 Å². The SMILES string of the molecule is COCc1nn(Cc2ccc(CO)cc2)cc1C(=O)O. The molecule has 0 aliphatic rings. The van der Waals surface area contributed by atoms with E-state index in [1.165, 1.54) is 13.3 Å². The number of methoxy groups -OCH3 is 1. The van der Waals surface area contributed by atoms with E-state index in [1.54, 1.807) is 4.68 Å². The molecule has 0 fully saturated rings. The van der Waals surface area contributed by atoms with Gasteiger partial charge in [0.2, 0.25) is 0 Å². The van der Waals surface area contributed by atoms with Crippen LogP contribution < -0.4 is 0 Å². The molecule has 2 aromatic rings. The molecule has 6 nitrogen and oxygen atoms in total. The summed E-state index contributed by atoms with van der Waals surface area (Å²) in [4.78, 5) is 11.1. The third-order valence-corrected chi connectivity index (χ3v) is 2.90. The van der Waals surface area contributed by atoms with Gasteiger partial charge in [0, 0.05) is 13.3 Å². The molecule has 0 spiro atoms. The first-order valence-electron chi connectivity index (χ1n) is 6.11. The topological polar surface area (TPSA) is 84.6 Å². The summed E-state index contributed by atoms with van der Waals surface area (Å²) in [6.45, 7) is 0.636. The van der Waals surface area contributed by atoms with Crippen molar-refractivity contribution in [3.05, 3.63) is 52.8 Å². The highest BCUT2D eigenvalue weighted by molar-refractivity contribution is 5.88. The quantitative estimate of drug-likeness (QED) is 0.830. The van der Waals surface area contributed by atoms with Gasteiger partial charge in [0.05, 0.1) is 19.8 Å². The van der Waals surface area contributed by atoms with Crippen LogP contribution in [0, 0.1) is 0 Å². The average Bonchev–Trinajstić information content (AvgIpc) is 2.83. The maximum absolute atomic E-state index is 11.1. The summed E-state index contributed by atoms with van der Waals surface area (Å²) in [7, 11) is 1.50. The second kappa shape index (κ2) is 6.31. The van der Waals surface area contributed by atoms with Crippen molar-refractivity contribution in [3.63, 3.8) is 0 Å². The smallest absolute Gasteiger partial charge is 0.339 e. The van der Waals surface area contributed by atoms with Gasteiger partial charge < -0.3 is 14.9 Å². The first kappa shape index (κ1) is 14.2. The predicted octanol–water partition coefficient (Wildman–Crippen LogP) is 1.27.